The number of nitrogens with zero attached hydrogens (tertiary/aromatic N) is 5. The highest BCUT2D eigenvalue weighted by Crippen LogP contribution is 2.26. The fourth-order valence-electron chi connectivity index (χ4n) is 4.20. The van der Waals surface area contributed by atoms with E-state index in [0.29, 0.717) is 31.7 Å². The molecule has 1 atom stereocenters. The molecule has 2 saturated heterocycles. The van der Waals surface area contributed by atoms with Crippen LogP contribution in [0.5, 0.6) is 0 Å². The van der Waals surface area contributed by atoms with Gasteiger partial charge < -0.3 is 10.1 Å². The standard InChI is InChI=1S/C21H26N6O3S/c1-31(28,29)26-7-4-18(5-8-26)24-21-22-11-16-3-2-15(10-20(16)25-21)17-12-23-27(13-17)19-6-9-30-14-19/h2-3,10-13,18-19H,4-9,14H2,1H3,(H,22,24,25). The number of hydrogen-bond acceptors (Lipinski definition) is 7. The molecule has 31 heavy (non-hydrogen) atoms. The van der Waals surface area contributed by atoms with Crippen molar-refractivity contribution in [2.24, 2.45) is 0 Å². The summed E-state index contributed by atoms with van der Waals surface area (Å²) in [7, 11) is -3.13. The van der Waals surface area contributed by atoms with Gasteiger partial charge in [0.05, 0.1) is 30.6 Å². The Morgan fingerprint density at radius 3 is 2.71 bits per heavy atom. The van der Waals surface area contributed by atoms with Crippen molar-refractivity contribution in [2.75, 3.05) is 37.9 Å². The number of rotatable bonds is 5. The average molecular weight is 443 g/mol. The monoisotopic (exact) mass is 442 g/mol. The summed E-state index contributed by atoms with van der Waals surface area (Å²) in [6.07, 6.45) is 9.49. The summed E-state index contributed by atoms with van der Waals surface area (Å²) in [6, 6.07) is 6.61. The Hall–Kier alpha value is -2.56. The van der Waals surface area contributed by atoms with Crippen LogP contribution in [0.1, 0.15) is 25.3 Å². The Balaban J connectivity index is 1.32. The van der Waals surface area contributed by atoms with Gasteiger partial charge in [-0.15, -0.1) is 0 Å². The van der Waals surface area contributed by atoms with Gasteiger partial charge in [-0.2, -0.15) is 5.10 Å². The summed E-state index contributed by atoms with van der Waals surface area (Å²) in [4.78, 5) is 9.15. The molecule has 0 aliphatic carbocycles. The summed E-state index contributed by atoms with van der Waals surface area (Å²) in [5, 5.41) is 8.86. The van der Waals surface area contributed by atoms with E-state index in [9.17, 15) is 8.42 Å². The molecule has 0 radical (unpaired) electrons. The first kappa shape index (κ1) is 20.3. The van der Waals surface area contributed by atoms with E-state index in [1.807, 2.05) is 23.1 Å². The predicted molar refractivity (Wildman–Crippen MR) is 118 cm³/mol. The van der Waals surface area contributed by atoms with E-state index in [2.05, 4.69) is 33.7 Å². The Morgan fingerprint density at radius 1 is 1.13 bits per heavy atom. The Morgan fingerprint density at radius 2 is 1.97 bits per heavy atom. The van der Waals surface area contributed by atoms with Crippen LogP contribution in [0.15, 0.2) is 36.8 Å². The van der Waals surface area contributed by atoms with Crippen molar-refractivity contribution in [3.8, 4) is 11.1 Å². The lowest BCUT2D eigenvalue weighted by molar-refractivity contribution is 0.184. The molecule has 4 heterocycles. The maximum absolute atomic E-state index is 11.7. The van der Waals surface area contributed by atoms with Crippen LogP contribution < -0.4 is 5.32 Å². The quantitative estimate of drug-likeness (QED) is 0.647. The average Bonchev–Trinajstić information content (AvgIpc) is 3.45. The van der Waals surface area contributed by atoms with E-state index in [1.54, 1.807) is 0 Å². The zero-order valence-corrected chi connectivity index (χ0v) is 18.3. The SMILES string of the molecule is CS(=O)(=O)N1CCC(Nc2ncc3ccc(-c4cnn(C5CCOC5)c4)cc3n2)CC1. The number of aromatic nitrogens is 4. The van der Waals surface area contributed by atoms with Crippen LogP contribution in [0.2, 0.25) is 0 Å². The molecule has 0 spiro atoms. The first-order valence-electron chi connectivity index (χ1n) is 10.6. The van der Waals surface area contributed by atoms with Crippen molar-refractivity contribution in [1.82, 2.24) is 24.1 Å². The van der Waals surface area contributed by atoms with Crippen molar-refractivity contribution in [2.45, 2.75) is 31.3 Å². The van der Waals surface area contributed by atoms with Crippen LogP contribution in [0, 0.1) is 0 Å². The number of anilines is 1. The molecule has 2 aliphatic rings. The van der Waals surface area contributed by atoms with Gasteiger partial charge in [-0.05, 0) is 30.9 Å². The van der Waals surface area contributed by atoms with Crippen molar-refractivity contribution < 1.29 is 13.2 Å². The second kappa shape index (κ2) is 8.18. The second-order valence-electron chi connectivity index (χ2n) is 8.27. The lowest BCUT2D eigenvalue weighted by Gasteiger charge is -2.30. The molecule has 0 saturated carbocycles. The first-order chi connectivity index (χ1) is 15.0. The minimum Gasteiger partial charge on any atom is -0.379 e. The molecule has 1 aromatic carbocycles. The second-order valence-corrected chi connectivity index (χ2v) is 10.3. The molecule has 5 rings (SSSR count). The normalized spacial score (nSPS) is 21.0. The Labute approximate surface area is 181 Å². The summed E-state index contributed by atoms with van der Waals surface area (Å²) in [6.45, 7) is 2.54. The molecular weight excluding hydrogens is 416 g/mol. The van der Waals surface area contributed by atoms with Crippen molar-refractivity contribution in [3.63, 3.8) is 0 Å². The van der Waals surface area contributed by atoms with E-state index in [4.69, 9.17) is 9.72 Å². The first-order valence-corrected chi connectivity index (χ1v) is 12.4. The Bertz CT molecular complexity index is 1180. The molecule has 2 aromatic heterocycles. The molecular formula is C21H26N6O3S. The van der Waals surface area contributed by atoms with Crippen LogP contribution >= 0.6 is 0 Å². The topological polar surface area (TPSA) is 102 Å². The highest BCUT2D eigenvalue weighted by Gasteiger charge is 2.25. The molecule has 1 unspecified atom stereocenters. The number of hydrogen-bond donors (Lipinski definition) is 1. The number of ether oxygens (including phenoxy) is 1. The lowest BCUT2D eigenvalue weighted by Crippen LogP contribution is -2.42. The van der Waals surface area contributed by atoms with Gasteiger partial charge in [0.1, 0.15) is 0 Å². The number of sulfonamides is 1. The molecule has 0 bridgehead atoms. The zero-order valence-electron chi connectivity index (χ0n) is 17.4. The highest BCUT2D eigenvalue weighted by molar-refractivity contribution is 7.88. The van der Waals surface area contributed by atoms with E-state index < -0.39 is 10.0 Å². The molecule has 2 aliphatic heterocycles. The summed E-state index contributed by atoms with van der Waals surface area (Å²) in [5.41, 5.74) is 2.97. The molecule has 10 heteroatoms. The minimum absolute atomic E-state index is 0.158. The van der Waals surface area contributed by atoms with Crippen molar-refractivity contribution >= 4 is 26.9 Å². The van der Waals surface area contributed by atoms with Crippen LogP contribution in [-0.4, -0.2) is 71.1 Å². The number of benzene rings is 1. The lowest BCUT2D eigenvalue weighted by atomic mass is 10.1. The maximum atomic E-state index is 11.7. The fourth-order valence-corrected chi connectivity index (χ4v) is 5.08. The van der Waals surface area contributed by atoms with Gasteiger partial charge >= 0.3 is 0 Å². The maximum Gasteiger partial charge on any atom is 0.223 e. The van der Waals surface area contributed by atoms with Gasteiger partial charge in [-0.1, -0.05) is 12.1 Å². The summed E-state index contributed by atoms with van der Waals surface area (Å²) >= 11 is 0. The van der Waals surface area contributed by atoms with Gasteiger partial charge in [-0.3, -0.25) is 4.68 Å². The number of fused-ring (bicyclic) bond motifs is 1. The largest absolute Gasteiger partial charge is 0.379 e. The van der Waals surface area contributed by atoms with Gasteiger partial charge in [0.2, 0.25) is 16.0 Å². The van der Waals surface area contributed by atoms with Crippen LogP contribution in [0.4, 0.5) is 5.95 Å². The fraction of sp³-hybridized carbons (Fsp3) is 0.476. The predicted octanol–water partition coefficient (Wildman–Crippen LogP) is 2.29. The summed E-state index contributed by atoms with van der Waals surface area (Å²) < 4.78 is 32.4. The molecule has 1 N–H and O–H groups in total. The van der Waals surface area contributed by atoms with E-state index in [1.165, 1.54) is 10.6 Å². The smallest absolute Gasteiger partial charge is 0.223 e. The van der Waals surface area contributed by atoms with Crippen LogP contribution in [0.25, 0.3) is 22.0 Å². The van der Waals surface area contributed by atoms with Crippen LogP contribution in [0.3, 0.4) is 0 Å². The Kier molecular flexibility index (Phi) is 5.37. The van der Waals surface area contributed by atoms with E-state index in [-0.39, 0.29) is 6.04 Å². The van der Waals surface area contributed by atoms with Gasteiger partial charge in [-0.25, -0.2) is 22.7 Å². The van der Waals surface area contributed by atoms with E-state index in [0.717, 1.165) is 47.9 Å². The zero-order chi connectivity index (χ0) is 21.4. The van der Waals surface area contributed by atoms with Gasteiger partial charge in [0.25, 0.3) is 0 Å². The molecule has 2 fully saturated rings. The van der Waals surface area contributed by atoms with Crippen LogP contribution in [-0.2, 0) is 14.8 Å². The molecule has 0 amide bonds. The minimum atomic E-state index is -3.13. The third-order valence-electron chi connectivity index (χ3n) is 6.05. The van der Waals surface area contributed by atoms with Gasteiger partial charge in [0.15, 0.2) is 0 Å². The number of nitrogens with one attached hydrogen (secondary N) is 1. The van der Waals surface area contributed by atoms with Crippen molar-refractivity contribution in [3.05, 3.63) is 36.8 Å². The summed E-state index contributed by atoms with van der Waals surface area (Å²) in [5.74, 6) is 0.571. The molecule has 3 aromatic rings. The van der Waals surface area contributed by atoms with Gasteiger partial charge in [0, 0.05) is 49.1 Å². The van der Waals surface area contributed by atoms with Crippen molar-refractivity contribution in [1.29, 1.82) is 0 Å². The third kappa shape index (κ3) is 4.41. The molecule has 9 nitrogen and oxygen atoms in total. The third-order valence-corrected chi connectivity index (χ3v) is 7.36. The highest BCUT2D eigenvalue weighted by atomic mass is 32.2. The number of piperidine rings is 1. The molecule has 164 valence electrons. The van der Waals surface area contributed by atoms with E-state index >= 15 is 0 Å².